The number of aryl methyl sites for hydroxylation is 2. The molecule has 0 aliphatic heterocycles. The molecule has 0 saturated heterocycles. The van der Waals surface area contributed by atoms with E-state index in [2.05, 4.69) is 40.7 Å². The number of hydrogen-bond donors (Lipinski definition) is 2. The molecule has 2 amide bonds. The highest BCUT2D eigenvalue weighted by atomic mass is 35.5. The molecule has 0 unspecified atom stereocenters. The number of nitrogens with zero attached hydrogens (tertiary/aromatic N) is 5. The summed E-state index contributed by atoms with van der Waals surface area (Å²) in [6.45, 7) is 0. The maximum absolute atomic E-state index is 12.4. The Balaban J connectivity index is 1.15. The van der Waals surface area contributed by atoms with Crippen LogP contribution in [0, 0.1) is 0 Å². The highest BCUT2D eigenvalue weighted by molar-refractivity contribution is 7.15. The minimum atomic E-state index is -4.81. The summed E-state index contributed by atoms with van der Waals surface area (Å²) >= 11 is 7.07. The standard InChI is InChI=1S/C26H23ClF3N7O3S/c27-20-10-8-17(15-31-20)14-23(39)33-25-37-36-24(41-25)7-2-1-5-18-9-11-21(35-34-18)32-22(38)13-16-4-3-6-19(12-16)40-26(28,29)30/h3-4,6,8-12,15H,1-2,5,7,13-14H2,(H,32,35,38)(H,33,37,39). The van der Waals surface area contributed by atoms with Crippen molar-refractivity contribution in [1.29, 1.82) is 0 Å². The number of halogens is 4. The summed E-state index contributed by atoms with van der Waals surface area (Å²) in [6.07, 6.45) is -0.303. The zero-order valence-corrected chi connectivity index (χ0v) is 22.9. The van der Waals surface area contributed by atoms with Crippen LogP contribution in [0.1, 0.15) is 34.7 Å². The summed E-state index contributed by atoms with van der Waals surface area (Å²) in [5, 5.41) is 23.2. The number of pyridine rings is 1. The molecular formula is C26H23ClF3N7O3S. The van der Waals surface area contributed by atoms with Crippen molar-refractivity contribution in [3.8, 4) is 5.75 Å². The van der Waals surface area contributed by atoms with E-state index in [9.17, 15) is 22.8 Å². The van der Waals surface area contributed by atoms with Gasteiger partial charge in [-0.1, -0.05) is 41.1 Å². The van der Waals surface area contributed by atoms with Crippen molar-refractivity contribution in [2.45, 2.75) is 44.9 Å². The summed E-state index contributed by atoms with van der Waals surface area (Å²) in [5.41, 5.74) is 1.83. The molecule has 0 aliphatic rings. The second-order valence-corrected chi connectivity index (χ2v) is 10.2. The summed E-state index contributed by atoms with van der Waals surface area (Å²) in [5.74, 6) is -0.837. The molecule has 3 aromatic heterocycles. The van der Waals surface area contributed by atoms with Gasteiger partial charge in [0, 0.05) is 12.6 Å². The number of anilines is 2. The highest BCUT2D eigenvalue weighted by Crippen LogP contribution is 2.24. The first kappa shape index (κ1) is 29.8. The van der Waals surface area contributed by atoms with Gasteiger partial charge in [-0.05, 0) is 60.7 Å². The third kappa shape index (κ3) is 10.4. The van der Waals surface area contributed by atoms with Crippen LogP contribution in [0.3, 0.4) is 0 Å². The summed E-state index contributed by atoms with van der Waals surface area (Å²) in [7, 11) is 0. The van der Waals surface area contributed by atoms with Gasteiger partial charge in [0.15, 0.2) is 5.82 Å². The largest absolute Gasteiger partial charge is 0.573 e. The predicted octanol–water partition coefficient (Wildman–Crippen LogP) is 5.20. The molecule has 0 aliphatic carbocycles. The number of hydrogen-bond acceptors (Lipinski definition) is 9. The van der Waals surface area contributed by atoms with Crippen LogP contribution in [-0.4, -0.2) is 43.6 Å². The van der Waals surface area contributed by atoms with Crippen LogP contribution in [0.25, 0.3) is 0 Å². The third-order valence-electron chi connectivity index (χ3n) is 5.42. The number of carbonyl (C=O) groups excluding carboxylic acids is 2. The number of benzene rings is 1. The molecule has 0 radical (unpaired) electrons. The van der Waals surface area contributed by atoms with E-state index in [1.54, 1.807) is 30.5 Å². The lowest BCUT2D eigenvalue weighted by Crippen LogP contribution is -2.18. The Kier molecular flexibility index (Phi) is 10.1. The molecule has 0 fully saturated rings. The van der Waals surface area contributed by atoms with Gasteiger partial charge in [-0.15, -0.1) is 28.5 Å². The van der Waals surface area contributed by atoms with E-state index >= 15 is 0 Å². The molecule has 1 aromatic carbocycles. The number of carbonyl (C=O) groups is 2. The van der Waals surface area contributed by atoms with Crippen molar-refractivity contribution >= 4 is 45.7 Å². The van der Waals surface area contributed by atoms with Crippen molar-refractivity contribution in [2.75, 3.05) is 10.6 Å². The summed E-state index contributed by atoms with van der Waals surface area (Å²) in [6, 6.07) is 11.9. The molecule has 41 heavy (non-hydrogen) atoms. The van der Waals surface area contributed by atoms with E-state index in [0.29, 0.717) is 28.7 Å². The first-order chi connectivity index (χ1) is 19.6. The lowest BCUT2D eigenvalue weighted by molar-refractivity contribution is -0.274. The Morgan fingerprint density at radius 1 is 0.878 bits per heavy atom. The van der Waals surface area contributed by atoms with Gasteiger partial charge in [0.1, 0.15) is 15.9 Å². The molecule has 214 valence electrons. The van der Waals surface area contributed by atoms with E-state index in [1.165, 1.54) is 23.5 Å². The lowest BCUT2D eigenvalue weighted by Gasteiger charge is -2.10. The van der Waals surface area contributed by atoms with Crippen LogP contribution in [0.2, 0.25) is 5.15 Å². The quantitative estimate of drug-likeness (QED) is 0.166. The van der Waals surface area contributed by atoms with E-state index in [4.69, 9.17) is 11.6 Å². The molecular weight excluding hydrogens is 583 g/mol. The number of nitrogens with one attached hydrogen (secondary N) is 2. The number of ether oxygens (including phenoxy) is 1. The maximum atomic E-state index is 12.4. The Morgan fingerprint density at radius 2 is 1.66 bits per heavy atom. The monoisotopic (exact) mass is 605 g/mol. The van der Waals surface area contributed by atoms with Crippen LogP contribution in [0.4, 0.5) is 24.1 Å². The van der Waals surface area contributed by atoms with E-state index in [-0.39, 0.29) is 24.6 Å². The van der Waals surface area contributed by atoms with Crippen molar-refractivity contribution in [3.05, 3.63) is 81.7 Å². The van der Waals surface area contributed by atoms with Crippen molar-refractivity contribution in [3.63, 3.8) is 0 Å². The Hall–Kier alpha value is -4.17. The van der Waals surface area contributed by atoms with Crippen molar-refractivity contribution in [2.24, 2.45) is 0 Å². The number of rotatable bonds is 12. The topological polar surface area (TPSA) is 132 Å². The van der Waals surface area contributed by atoms with E-state index in [0.717, 1.165) is 41.2 Å². The fraction of sp³-hybridized carbons (Fsp3) is 0.269. The average Bonchev–Trinajstić information content (AvgIpc) is 3.35. The van der Waals surface area contributed by atoms with Gasteiger partial charge in [-0.3, -0.25) is 9.59 Å². The first-order valence-electron chi connectivity index (χ1n) is 12.3. The molecule has 0 bridgehead atoms. The minimum Gasteiger partial charge on any atom is -0.406 e. The van der Waals surface area contributed by atoms with Crippen molar-refractivity contribution in [1.82, 2.24) is 25.4 Å². The van der Waals surface area contributed by atoms with Gasteiger partial charge < -0.3 is 15.4 Å². The van der Waals surface area contributed by atoms with Gasteiger partial charge in [0.2, 0.25) is 16.9 Å². The molecule has 0 spiro atoms. The predicted molar refractivity (Wildman–Crippen MR) is 146 cm³/mol. The minimum absolute atomic E-state index is 0.150. The average molecular weight is 606 g/mol. The SMILES string of the molecule is O=C(Cc1cccc(OC(F)(F)F)c1)Nc1ccc(CCCCc2nnc(NC(=O)Cc3ccc(Cl)nc3)s2)nn1. The number of amides is 2. The fourth-order valence-electron chi connectivity index (χ4n) is 3.63. The van der Waals surface area contributed by atoms with Crippen molar-refractivity contribution < 1.29 is 27.5 Å². The van der Waals surface area contributed by atoms with Gasteiger partial charge in [-0.25, -0.2) is 4.98 Å². The smallest absolute Gasteiger partial charge is 0.406 e. The Bertz CT molecular complexity index is 1470. The maximum Gasteiger partial charge on any atom is 0.573 e. The first-order valence-corrected chi connectivity index (χ1v) is 13.5. The molecule has 10 nitrogen and oxygen atoms in total. The lowest BCUT2D eigenvalue weighted by atomic mass is 10.1. The Morgan fingerprint density at radius 3 is 2.39 bits per heavy atom. The van der Waals surface area contributed by atoms with Crippen LogP contribution in [-0.2, 0) is 35.3 Å². The molecule has 2 N–H and O–H groups in total. The van der Waals surface area contributed by atoms with E-state index < -0.39 is 18.0 Å². The van der Waals surface area contributed by atoms with Crippen LogP contribution >= 0.6 is 22.9 Å². The zero-order valence-electron chi connectivity index (χ0n) is 21.3. The zero-order chi connectivity index (χ0) is 29.2. The highest BCUT2D eigenvalue weighted by Gasteiger charge is 2.31. The van der Waals surface area contributed by atoms with Gasteiger partial charge in [-0.2, -0.15) is 5.10 Å². The number of aromatic nitrogens is 5. The molecule has 4 aromatic rings. The number of alkyl halides is 3. The third-order valence-corrected chi connectivity index (χ3v) is 6.55. The van der Waals surface area contributed by atoms with Crippen LogP contribution < -0.4 is 15.4 Å². The summed E-state index contributed by atoms with van der Waals surface area (Å²) < 4.78 is 41.1. The summed E-state index contributed by atoms with van der Waals surface area (Å²) in [4.78, 5) is 28.4. The second-order valence-electron chi connectivity index (χ2n) is 8.75. The van der Waals surface area contributed by atoms with Crippen LogP contribution in [0.15, 0.2) is 54.7 Å². The van der Waals surface area contributed by atoms with Gasteiger partial charge >= 0.3 is 6.36 Å². The molecule has 3 heterocycles. The molecule has 4 rings (SSSR count). The number of unbranched alkanes of at least 4 members (excludes halogenated alkanes) is 1. The molecule has 0 atom stereocenters. The normalized spacial score (nSPS) is 11.2. The molecule has 0 saturated carbocycles. The van der Waals surface area contributed by atoms with E-state index in [1.807, 2.05) is 0 Å². The van der Waals surface area contributed by atoms with Gasteiger partial charge in [0.05, 0.1) is 18.5 Å². The fourth-order valence-corrected chi connectivity index (χ4v) is 4.54. The van der Waals surface area contributed by atoms with Gasteiger partial charge in [0.25, 0.3) is 0 Å². The molecule has 15 heteroatoms. The van der Waals surface area contributed by atoms with Crippen LogP contribution in [0.5, 0.6) is 5.75 Å². The Labute approximate surface area is 241 Å². The second kappa shape index (κ2) is 13.9.